The van der Waals surface area contributed by atoms with Crippen molar-refractivity contribution in [3.8, 4) is 5.88 Å². The van der Waals surface area contributed by atoms with Crippen molar-refractivity contribution in [1.82, 2.24) is 9.78 Å². The van der Waals surface area contributed by atoms with Crippen molar-refractivity contribution in [2.45, 2.75) is 64.3 Å². The van der Waals surface area contributed by atoms with E-state index in [0.717, 1.165) is 24.8 Å². The highest BCUT2D eigenvalue weighted by Gasteiger charge is 2.12. The van der Waals surface area contributed by atoms with Crippen LogP contribution in [0.5, 0.6) is 5.88 Å². The molecule has 0 unspecified atom stereocenters. The molecule has 1 aromatic heterocycles. The molecular formula is C26H33N3O2. The maximum Gasteiger partial charge on any atom is 0.250 e. The van der Waals surface area contributed by atoms with Crippen LogP contribution in [-0.2, 0) is 11.2 Å². The molecule has 1 amide bonds. The van der Waals surface area contributed by atoms with Crippen LogP contribution in [0, 0.1) is 0 Å². The van der Waals surface area contributed by atoms with E-state index in [2.05, 4.69) is 41.3 Å². The van der Waals surface area contributed by atoms with Gasteiger partial charge in [0.15, 0.2) is 0 Å². The standard InChI is InChI=1S/C26H33N3O2/c1-2-3-4-5-6-13-18-31-26-20-23(21-27-29(26)24-16-11-8-12-17-24)28-25(30)19-22-14-9-7-10-15-22/h7,9-12,14-17,20-21,24H,2-6,8,13,18-19H2,1H3. The van der Waals surface area contributed by atoms with Gasteiger partial charge in [-0.25, -0.2) is 9.67 Å². The van der Waals surface area contributed by atoms with E-state index in [1.807, 2.05) is 41.1 Å². The highest BCUT2D eigenvalue weighted by atomic mass is 16.5. The van der Waals surface area contributed by atoms with Gasteiger partial charge in [-0.05, 0) is 18.4 Å². The largest absolute Gasteiger partial charge is 0.478 e. The molecule has 1 aliphatic rings. The van der Waals surface area contributed by atoms with Crippen LogP contribution < -0.4 is 10.1 Å². The highest BCUT2D eigenvalue weighted by Crippen LogP contribution is 2.20. The van der Waals surface area contributed by atoms with Gasteiger partial charge >= 0.3 is 0 Å². The van der Waals surface area contributed by atoms with Crippen LogP contribution in [0.15, 0.2) is 71.9 Å². The number of nitrogens with zero attached hydrogens (tertiary/aromatic N) is 3. The summed E-state index contributed by atoms with van der Waals surface area (Å²) in [5, 5.41) is 5.07. The smallest absolute Gasteiger partial charge is 0.250 e. The monoisotopic (exact) mass is 419 g/mol. The Kier molecular flexibility index (Phi) is 9.30. The second-order valence-corrected chi connectivity index (χ2v) is 7.86. The molecule has 31 heavy (non-hydrogen) atoms. The minimum atomic E-state index is -0.190. The SMILES string of the molecule is CCCCCCCCOc1cc(=NC(=O)Cc2ccccc2)cnn1C1C=CCC=C1. The molecule has 0 saturated carbocycles. The molecule has 0 radical (unpaired) electrons. The van der Waals surface area contributed by atoms with E-state index in [-0.39, 0.29) is 18.4 Å². The van der Waals surface area contributed by atoms with E-state index in [0.29, 0.717) is 17.8 Å². The number of aromatic nitrogens is 2. The van der Waals surface area contributed by atoms with Crippen molar-refractivity contribution >= 4 is 5.91 Å². The van der Waals surface area contributed by atoms with E-state index in [4.69, 9.17) is 4.74 Å². The molecule has 5 nitrogen and oxygen atoms in total. The average Bonchev–Trinajstić information content (AvgIpc) is 2.80. The fourth-order valence-corrected chi connectivity index (χ4v) is 3.56. The van der Waals surface area contributed by atoms with E-state index < -0.39 is 0 Å². The van der Waals surface area contributed by atoms with Gasteiger partial charge in [0.1, 0.15) is 0 Å². The molecule has 0 aliphatic heterocycles. The zero-order valence-corrected chi connectivity index (χ0v) is 18.5. The van der Waals surface area contributed by atoms with Crippen LogP contribution in [0.25, 0.3) is 0 Å². The fraction of sp³-hybridized carbons (Fsp3) is 0.423. The lowest BCUT2D eigenvalue weighted by Gasteiger charge is -2.19. The number of amides is 1. The molecule has 0 fully saturated rings. The summed E-state index contributed by atoms with van der Waals surface area (Å²) in [5.41, 5.74) is 0.951. The first-order valence-corrected chi connectivity index (χ1v) is 11.4. The quantitative estimate of drug-likeness (QED) is 0.364. The van der Waals surface area contributed by atoms with Gasteiger partial charge in [-0.1, -0.05) is 93.7 Å². The normalized spacial score (nSPS) is 14.2. The number of rotatable bonds is 11. The first kappa shape index (κ1) is 22.7. The average molecular weight is 420 g/mol. The molecule has 5 heteroatoms. The molecular weight excluding hydrogens is 386 g/mol. The number of ether oxygens (including phenoxy) is 1. The lowest BCUT2D eigenvalue weighted by atomic mass is 10.1. The van der Waals surface area contributed by atoms with E-state index >= 15 is 0 Å². The zero-order valence-electron chi connectivity index (χ0n) is 18.5. The number of benzene rings is 1. The minimum Gasteiger partial charge on any atom is -0.478 e. The lowest BCUT2D eigenvalue weighted by Crippen LogP contribution is -2.19. The van der Waals surface area contributed by atoms with Crippen LogP contribution >= 0.6 is 0 Å². The summed E-state index contributed by atoms with van der Waals surface area (Å²) >= 11 is 0. The van der Waals surface area contributed by atoms with Crippen LogP contribution in [0.4, 0.5) is 0 Å². The van der Waals surface area contributed by atoms with E-state index in [1.165, 1.54) is 25.7 Å². The number of carbonyl (C=O) groups is 1. The molecule has 1 heterocycles. The van der Waals surface area contributed by atoms with Crippen molar-refractivity contribution < 1.29 is 9.53 Å². The molecule has 3 rings (SSSR count). The third-order valence-corrected chi connectivity index (χ3v) is 5.23. The number of carbonyl (C=O) groups excluding carboxylic acids is 1. The maximum absolute atomic E-state index is 12.4. The van der Waals surface area contributed by atoms with Gasteiger partial charge in [-0.15, -0.1) is 0 Å². The highest BCUT2D eigenvalue weighted by molar-refractivity contribution is 5.79. The van der Waals surface area contributed by atoms with Crippen molar-refractivity contribution in [2.75, 3.05) is 6.61 Å². The van der Waals surface area contributed by atoms with E-state index in [1.54, 1.807) is 6.20 Å². The van der Waals surface area contributed by atoms with Gasteiger partial charge in [0, 0.05) is 6.07 Å². The van der Waals surface area contributed by atoms with Crippen molar-refractivity contribution in [1.29, 1.82) is 0 Å². The van der Waals surface area contributed by atoms with Crippen LogP contribution in [0.1, 0.15) is 63.5 Å². The Labute approximate surface area is 185 Å². The summed E-state index contributed by atoms with van der Waals surface area (Å²) in [6.07, 6.45) is 18.6. The minimum absolute atomic E-state index is 0.0161. The predicted molar refractivity (Wildman–Crippen MR) is 124 cm³/mol. The Morgan fingerprint density at radius 1 is 1.10 bits per heavy atom. The molecule has 0 saturated heterocycles. The third-order valence-electron chi connectivity index (χ3n) is 5.23. The summed E-state index contributed by atoms with van der Waals surface area (Å²) in [6, 6.07) is 11.5. The molecule has 0 atom stereocenters. The first-order chi connectivity index (χ1) is 15.3. The summed E-state index contributed by atoms with van der Waals surface area (Å²) in [6.45, 7) is 2.86. The van der Waals surface area contributed by atoms with Crippen LogP contribution in [-0.4, -0.2) is 22.3 Å². The number of hydrogen-bond acceptors (Lipinski definition) is 3. The molecule has 2 aromatic rings. The topological polar surface area (TPSA) is 56.5 Å². The molecule has 0 spiro atoms. The van der Waals surface area contributed by atoms with Gasteiger partial charge in [0.05, 0.1) is 30.6 Å². The summed E-state index contributed by atoms with van der Waals surface area (Å²) < 4.78 is 7.95. The Morgan fingerprint density at radius 3 is 2.61 bits per heavy atom. The van der Waals surface area contributed by atoms with Crippen LogP contribution in [0.3, 0.4) is 0 Å². The number of unbranched alkanes of at least 4 members (excludes halogenated alkanes) is 5. The van der Waals surface area contributed by atoms with Gasteiger partial charge in [0.2, 0.25) is 5.88 Å². The van der Waals surface area contributed by atoms with Crippen molar-refractivity contribution in [2.24, 2.45) is 4.99 Å². The summed E-state index contributed by atoms with van der Waals surface area (Å²) in [4.78, 5) is 16.6. The Balaban J connectivity index is 1.70. The van der Waals surface area contributed by atoms with Gasteiger partial charge in [-0.2, -0.15) is 5.10 Å². The van der Waals surface area contributed by atoms with Gasteiger partial charge in [-0.3, -0.25) is 4.79 Å². The van der Waals surface area contributed by atoms with Crippen molar-refractivity contribution in [3.05, 3.63) is 77.8 Å². The molecule has 0 N–H and O–H groups in total. The lowest BCUT2D eigenvalue weighted by molar-refractivity contribution is -0.117. The van der Waals surface area contributed by atoms with Crippen molar-refractivity contribution in [3.63, 3.8) is 0 Å². The number of allylic oxidation sites excluding steroid dienone is 4. The summed E-state index contributed by atoms with van der Waals surface area (Å²) in [7, 11) is 0. The molecule has 164 valence electrons. The third kappa shape index (κ3) is 7.67. The Morgan fingerprint density at radius 2 is 1.84 bits per heavy atom. The van der Waals surface area contributed by atoms with Gasteiger partial charge < -0.3 is 4.74 Å². The van der Waals surface area contributed by atoms with E-state index in [9.17, 15) is 4.79 Å². The first-order valence-electron chi connectivity index (χ1n) is 11.4. The zero-order chi connectivity index (χ0) is 21.7. The summed E-state index contributed by atoms with van der Waals surface area (Å²) in [5.74, 6) is 0.452. The fourth-order valence-electron chi connectivity index (χ4n) is 3.56. The Hall–Kier alpha value is -2.95. The van der Waals surface area contributed by atoms with Crippen LogP contribution in [0.2, 0.25) is 0 Å². The second kappa shape index (κ2) is 12.7. The maximum atomic E-state index is 12.4. The second-order valence-electron chi connectivity index (χ2n) is 7.86. The molecule has 0 bridgehead atoms. The molecule has 1 aliphatic carbocycles. The van der Waals surface area contributed by atoms with Gasteiger partial charge in [0.25, 0.3) is 5.91 Å². The Bertz CT molecular complexity index is 933. The number of hydrogen-bond donors (Lipinski definition) is 0. The predicted octanol–water partition coefficient (Wildman–Crippen LogP) is 5.35. The molecule has 1 aromatic carbocycles.